The van der Waals surface area contributed by atoms with E-state index in [0.717, 1.165) is 34.4 Å². The van der Waals surface area contributed by atoms with Crippen LogP contribution in [0.4, 0.5) is 0 Å². The van der Waals surface area contributed by atoms with Gasteiger partial charge in [0.15, 0.2) is 0 Å². The van der Waals surface area contributed by atoms with Crippen molar-refractivity contribution in [3.05, 3.63) is 53.1 Å². The van der Waals surface area contributed by atoms with Gasteiger partial charge in [0.1, 0.15) is 17.0 Å². The van der Waals surface area contributed by atoms with E-state index in [4.69, 9.17) is 16.3 Å². The summed E-state index contributed by atoms with van der Waals surface area (Å²) in [5.41, 5.74) is 3.50. The molecule has 2 heterocycles. The minimum absolute atomic E-state index is 0.1000. The molecule has 104 valence electrons. The molecule has 0 unspecified atom stereocenters. The summed E-state index contributed by atoms with van der Waals surface area (Å²) in [5.74, 6) is 0.930. The first-order valence-electron chi connectivity index (χ1n) is 6.77. The first-order valence-corrected chi connectivity index (χ1v) is 7.14. The maximum Gasteiger partial charge on any atom is 0.143 e. The Hall–Kier alpha value is -2.26. The molecule has 0 radical (unpaired) electrons. The molecule has 0 saturated carbocycles. The lowest BCUT2D eigenvalue weighted by Gasteiger charge is -2.10. The molecule has 0 bridgehead atoms. The van der Waals surface area contributed by atoms with Gasteiger partial charge in [-0.05, 0) is 29.8 Å². The number of aromatic nitrogens is 1. The van der Waals surface area contributed by atoms with Crippen LogP contribution in [0.3, 0.4) is 0 Å². The van der Waals surface area contributed by atoms with E-state index < -0.39 is 0 Å². The van der Waals surface area contributed by atoms with Gasteiger partial charge in [0.05, 0.1) is 12.3 Å². The van der Waals surface area contributed by atoms with E-state index in [-0.39, 0.29) is 5.75 Å². The van der Waals surface area contributed by atoms with Crippen LogP contribution in [0.5, 0.6) is 11.5 Å². The van der Waals surface area contributed by atoms with E-state index in [2.05, 4.69) is 4.98 Å². The van der Waals surface area contributed by atoms with Crippen LogP contribution >= 0.6 is 11.6 Å². The van der Waals surface area contributed by atoms with Crippen molar-refractivity contribution in [1.29, 1.82) is 0 Å². The predicted molar refractivity (Wildman–Crippen MR) is 83.1 cm³/mol. The van der Waals surface area contributed by atoms with Crippen molar-refractivity contribution in [2.75, 3.05) is 6.61 Å². The van der Waals surface area contributed by atoms with Crippen molar-refractivity contribution >= 4 is 22.5 Å². The van der Waals surface area contributed by atoms with E-state index in [1.165, 1.54) is 6.07 Å². The fraction of sp³-hybridized carbons (Fsp3) is 0.118. The van der Waals surface area contributed by atoms with Crippen LogP contribution in [-0.2, 0) is 6.42 Å². The summed E-state index contributed by atoms with van der Waals surface area (Å²) in [4.78, 5) is 4.67. The number of phenols is 1. The molecule has 3 nitrogen and oxygen atoms in total. The topological polar surface area (TPSA) is 42.4 Å². The van der Waals surface area contributed by atoms with Crippen molar-refractivity contribution in [1.82, 2.24) is 4.98 Å². The normalized spacial score (nSPS) is 13.2. The number of rotatable bonds is 0. The van der Waals surface area contributed by atoms with E-state index in [1.807, 2.05) is 36.4 Å². The molecule has 3 aromatic rings. The number of pyridine rings is 1. The Morgan fingerprint density at radius 2 is 2.00 bits per heavy atom. The number of para-hydroxylation sites is 1. The average molecular weight is 298 g/mol. The van der Waals surface area contributed by atoms with Gasteiger partial charge >= 0.3 is 0 Å². The summed E-state index contributed by atoms with van der Waals surface area (Å²) in [6.07, 6.45) is 0.778. The molecule has 1 aliphatic heterocycles. The highest BCUT2D eigenvalue weighted by atomic mass is 35.5. The smallest absolute Gasteiger partial charge is 0.143 e. The fourth-order valence-corrected chi connectivity index (χ4v) is 2.98. The van der Waals surface area contributed by atoms with Gasteiger partial charge in [-0.2, -0.15) is 0 Å². The van der Waals surface area contributed by atoms with Crippen LogP contribution in [0.25, 0.3) is 22.2 Å². The Balaban J connectivity index is 2.07. The highest BCUT2D eigenvalue weighted by Crippen LogP contribution is 2.37. The average Bonchev–Trinajstić information content (AvgIpc) is 2.64. The predicted octanol–water partition coefficient (Wildman–Crippen LogP) is 4.20. The maximum absolute atomic E-state index is 10.1. The maximum atomic E-state index is 10.1. The van der Waals surface area contributed by atoms with Gasteiger partial charge in [0.2, 0.25) is 0 Å². The van der Waals surface area contributed by atoms with Crippen molar-refractivity contribution in [2.45, 2.75) is 6.42 Å². The molecule has 4 heteroatoms. The van der Waals surface area contributed by atoms with E-state index in [1.54, 1.807) is 0 Å². The number of hydrogen-bond donors (Lipinski definition) is 1. The highest BCUT2D eigenvalue weighted by Gasteiger charge is 2.18. The number of ether oxygens (including phenoxy) is 1. The zero-order valence-electron chi connectivity index (χ0n) is 11.1. The summed E-state index contributed by atoms with van der Waals surface area (Å²) >= 11 is 6.01. The molecule has 0 fully saturated rings. The molecular formula is C17H12ClNO2. The summed E-state index contributed by atoms with van der Waals surface area (Å²) in [5, 5.41) is 11.4. The van der Waals surface area contributed by atoms with Gasteiger partial charge in [-0.25, -0.2) is 4.98 Å². The van der Waals surface area contributed by atoms with Crippen LogP contribution in [0, 0.1) is 0 Å². The van der Waals surface area contributed by atoms with Crippen LogP contribution in [0.1, 0.15) is 5.56 Å². The fourth-order valence-electron chi connectivity index (χ4n) is 2.76. The number of hydrogen-bond acceptors (Lipinski definition) is 3. The van der Waals surface area contributed by atoms with Crippen molar-refractivity contribution in [2.24, 2.45) is 0 Å². The van der Waals surface area contributed by atoms with Crippen molar-refractivity contribution in [3.8, 4) is 22.8 Å². The van der Waals surface area contributed by atoms with E-state index in [0.29, 0.717) is 17.1 Å². The van der Waals surface area contributed by atoms with Gasteiger partial charge in [0.25, 0.3) is 0 Å². The Kier molecular flexibility index (Phi) is 2.76. The minimum atomic E-state index is 0.1000. The molecule has 0 saturated heterocycles. The Bertz CT molecular complexity index is 861. The SMILES string of the molecule is Oc1cc(Cl)cc2cc3c(nc12)-c1ccccc1OCC3. The summed E-state index contributed by atoms with van der Waals surface area (Å²) < 4.78 is 5.78. The molecule has 0 aliphatic carbocycles. The highest BCUT2D eigenvalue weighted by molar-refractivity contribution is 6.31. The monoisotopic (exact) mass is 297 g/mol. The summed E-state index contributed by atoms with van der Waals surface area (Å²) in [6, 6.07) is 13.2. The molecule has 1 aliphatic rings. The molecule has 0 amide bonds. The lowest BCUT2D eigenvalue weighted by atomic mass is 10.0. The third-order valence-electron chi connectivity index (χ3n) is 3.71. The molecule has 1 aromatic heterocycles. The number of aromatic hydroxyl groups is 1. The largest absolute Gasteiger partial charge is 0.506 e. The first-order chi connectivity index (χ1) is 10.2. The van der Waals surface area contributed by atoms with Crippen molar-refractivity contribution < 1.29 is 9.84 Å². The molecule has 4 rings (SSSR count). The Morgan fingerprint density at radius 1 is 1.14 bits per heavy atom. The standard InChI is InChI=1S/C17H12ClNO2/c18-12-8-11-7-10-5-6-21-15-4-2-1-3-13(15)16(10)19-17(11)14(20)9-12/h1-4,7-9,20H,5-6H2. The molecule has 21 heavy (non-hydrogen) atoms. The number of fused-ring (bicyclic) bond motifs is 4. The zero-order valence-corrected chi connectivity index (χ0v) is 11.9. The van der Waals surface area contributed by atoms with E-state index >= 15 is 0 Å². The quantitative estimate of drug-likeness (QED) is 0.676. The van der Waals surface area contributed by atoms with Crippen LogP contribution in [0.15, 0.2) is 42.5 Å². The second-order valence-corrected chi connectivity index (χ2v) is 5.52. The van der Waals surface area contributed by atoms with Crippen LogP contribution < -0.4 is 4.74 Å². The zero-order chi connectivity index (χ0) is 14.4. The number of nitrogens with zero attached hydrogens (tertiary/aromatic N) is 1. The minimum Gasteiger partial charge on any atom is -0.506 e. The molecular weight excluding hydrogens is 286 g/mol. The van der Waals surface area contributed by atoms with E-state index in [9.17, 15) is 5.11 Å². The molecule has 0 atom stereocenters. The Morgan fingerprint density at radius 3 is 2.90 bits per heavy atom. The van der Waals surface area contributed by atoms with Crippen molar-refractivity contribution in [3.63, 3.8) is 0 Å². The third kappa shape index (κ3) is 2.01. The third-order valence-corrected chi connectivity index (χ3v) is 3.93. The van der Waals surface area contributed by atoms with Crippen LogP contribution in [-0.4, -0.2) is 16.7 Å². The lowest BCUT2D eigenvalue weighted by molar-refractivity contribution is 0.326. The number of phenolic OH excluding ortho intramolecular Hbond substituents is 1. The number of halogens is 1. The second kappa shape index (κ2) is 4.64. The van der Waals surface area contributed by atoms with Crippen LogP contribution in [0.2, 0.25) is 5.02 Å². The second-order valence-electron chi connectivity index (χ2n) is 5.09. The summed E-state index contributed by atoms with van der Waals surface area (Å²) in [7, 11) is 0. The first kappa shape index (κ1) is 12.5. The summed E-state index contributed by atoms with van der Waals surface area (Å²) in [6.45, 7) is 0.615. The molecule has 0 spiro atoms. The van der Waals surface area contributed by atoms with Gasteiger partial charge in [-0.1, -0.05) is 23.7 Å². The van der Waals surface area contributed by atoms with Gasteiger partial charge in [-0.15, -0.1) is 0 Å². The Labute approximate surface area is 126 Å². The molecule has 1 N–H and O–H groups in total. The van der Waals surface area contributed by atoms with Gasteiger partial charge in [0, 0.05) is 28.5 Å². The van der Waals surface area contributed by atoms with Gasteiger partial charge in [-0.3, -0.25) is 0 Å². The lowest BCUT2D eigenvalue weighted by Crippen LogP contribution is -1.99. The molecule has 2 aromatic carbocycles. The number of benzene rings is 2. The van der Waals surface area contributed by atoms with Gasteiger partial charge < -0.3 is 9.84 Å².